The Bertz CT molecular complexity index is 331. The minimum Gasteiger partial charge on any atom is -0.448 e. The summed E-state index contributed by atoms with van der Waals surface area (Å²) in [6, 6.07) is -1.29. The molecule has 1 fully saturated rings. The molecule has 0 unspecified atom stereocenters. The normalized spacial score (nSPS) is 23.9. The maximum absolute atomic E-state index is 13.3. The van der Waals surface area contributed by atoms with Gasteiger partial charge in [-0.2, -0.15) is 0 Å². The predicted molar refractivity (Wildman–Crippen MR) is 63.1 cm³/mol. The van der Waals surface area contributed by atoms with Gasteiger partial charge in [-0.25, -0.2) is 14.0 Å². The largest absolute Gasteiger partial charge is 0.448 e. The average Bonchev–Trinajstić information content (AvgIpc) is 2.58. The molecule has 1 saturated heterocycles. The van der Waals surface area contributed by atoms with Gasteiger partial charge in [0.2, 0.25) is 0 Å². The van der Waals surface area contributed by atoms with E-state index in [1.807, 2.05) is 0 Å². The summed E-state index contributed by atoms with van der Waals surface area (Å²) in [4.78, 5) is 24.4. The fourth-order valence-electron chi connectivity index (χ4n) is 1.68. The molecule has 0 bridgehead atoms. The van der Waals surface area contributed by atoms with E-state index in [2.05, 4.69) is 4.74 Å². The van der Waals surface area contributed by atoms with E-state index in [1.165, 1.54) is 0 Å². The number of nitrogens with zero attached hydrogens (tertiary/aromatic N) is 1. The van der Waals surface area contributed by atoms with Gasteiger partial charge in [-0.15, -0.1) is 0 Å². The summed E-state index contributed by atoms with van der Waals surface area (Å²) in [6.45, 7) is 4.91. The van der Waals surface area contributed by atoms with Crippen LogP contribution in [0.4, 0.5) is 9.18 Å². The standard InChI is InChI=1S/C11H17ClFNO4/c1-11(2,3)18-10(16)14-5-7(13)4-8(14)9(15)17-6-12/h7-8H,4-6H2,1-3H3/t7-,8+/m0/s1. The van der Waals surface area contributed by atoms with E-state index in [-0.39, 0.29) is 19.0 Å². The molecule has 1 heterocycles. The van der Waals surface area contributed by atoms with Gasteiger partial charge < -0.3 is 9.47 Å². The Morgan fingerprint density at radius 1 is 1.44 bits per heavy atom. The van der Waals surface area contributed by atoms with Crippen LogP contribution < -0.4 is 0 Å². The first-order valence-electron chi connectivity index (χ1n) is 5.61. The molecule has 18 heavy (non-hydrogen) atoms. The smallest absolute Gasteiger partial charge is 0.411 e. The number of halogens is 2. The Morgan fingerprint density at radius 2 is 2.06 bits per heavy atom. The Kier molecular flexibility index (Phi) is 4.78. The van der Waals surface area contributed by atoms with Crippen molar-refractivity contribution in [3.05, 3.63) is 0 Å². The highest BCUT2D eigenvalue weighted by atomic mass is 35.5. The third-order valence-electron chi connectivity index (χ3n) is 2.35. The number of amides is 1. The van der Waals surface area contributed by atoms with Crippen molar-refractivity contribution >= 4 is 23.7 Å². The van der Waals surface area contributed by atoms with Crippen molar-refractivity contribution in [1.29, 1.82) is 0 Å². The molecule has 0 aromatic carbocycles. The van der Waals surface area contributed by atoms with Crippen molar-refractivity contribution in [1.82, 2.24) is 4.90 Å². The third-order valence-corrected chi connectivity index (χ3v) is 2.46. The quantitative estimate of drug-likeness (QED) is 0.574. The highest BCUT2D eigenvalue weighted by Gasteiger charge is 2.42. The van der Waals surface area contributed by atoms with Crippen molar-refractivity contribution in [2.75, 3.05) is 12.6 Å². The molecule has 1 aliphatic rings. The number of hydrogen-bond donors (Lipinski definition) is 0. The van der Waals surface area contributed by atoms with Crippen LogP contribution in [0, 0.1) is 0 Å². The summed E-state index contributed by atoms with van der Waals surface area (Å²) in [5.41, 5.74) is -0.702. The molecule has 0 saturated carbocycles. The van der Waals surface area contributed by atoms with E-state index in [4.69, 9.17) is 16.3 Å². The number of esters is 1. The Hall–Kier alpha value is -1.04. The molecule has 5 nitrogen and oxygen atoms in total. The zero-order chi connectivity index (χ0) is 13.9. The lowest BCUT2D eigenvalue weighted by Gasteiger charge is -2.27. The van der Waals surface area contributed by atoms with Crippen LogP contribution >= 0.6 is 11.6 Å². The van der Waals surface area contributed by atoms with E-state index in [0.717, 1.165) is 4.90 Å². The molecular weight excluding hydrogens is 265 g/mol. The predicted octanol–water partition coefficient (Wildman–Crippen LogP) is 2.07. The summed E-state index contributed by atoms with van der Waals surface area (Å²) in [5, 5.41) is 0. The second-order valence-electron chi connectivity index (χ2n) is 5.05. The Morgan fingerprint density at radius 3 is 2.56 bits per heavy atom. The number of hydrogen-bond acceptors (Lipinski definition) is 4. The van der Waals surface area contributed by atoms with Crippen molar-refractivity contribution in [3.63, 3.8) is 0 Å². The number of rotatable bonds is 2. The fraction of sp³-hybridized carbons (Fsp3) is 0.818. The van der Waals surface area contributed by atoms with Crippen LogP contribution in [0.3, 0.4) is 0 Å². The van der Waals surface area contributed by atoms with Gasteiger partial charge >= 0.3 is 12.1 Å². The molecule has 0 spiro atoms. The fourth-order valence-corrected chi connectivity index (χ4v) is 1.79. The van der Waals surface area contributed by atoms with E-state index in [9.17, 15) is 14.0 Å². The summed E-state index contributed by atoms with van der Waals surface area (Å²) in [7, 11) is 0. The van der Waals surface area contributed by atoms with Crippen molar-refractivity contribution in [3.8, 4) is 0 Å². The van der Waals surface area contributed by atoms with Gasteiger partial charge in [0, 0.05) is 6.42 Å². The number of alkyl halides is 2. The SMILES string of the molecule is CC(C)(C)OC(=O)N1C[C@@H](F)C[C@@H]1C(=O)OCCl. The van der Waals surface area contributed by atoms with E-state index >= 15 is 0 Å². The van der Waals surface area contributed by atoms with Crippen molar-refractivity contribution in [2.24, 2.45) is 0 Å². The van der Waals surface area contributed by atoms with Crippen LogP contribution in [0.15, 0.2) is 0 Å². The first kappa shape index (κ1) is 15.0. The molecule has 1 aliphatic heterocycles. The maximum Gasteiger partial charge on any atom is 0.411 e. The lowest BCUT2D eigenvalue weighted by molar-refractivity contribution is -0.146. The van der Waals surface area contributed by atoms with Crippen molar-refractivity contribution < 1.29 is 23.5 Å². The second kappa shape index (κ2) is 5.73. The summed E-state index contributed by atoms with van der Waals surface area (Å²) < 4.78 is 23.0. The molecule has 0 aromatic heterocycles. The van der Waals surface area contributed by atoms with Gasteiger partial charge in [-0.05, 0) is 20.8 Å². The van der Waals surface area contributed by atoms with Crippen LogP contribution in [0.25, 0.3) is 0 Å². The van der Waals surface area contributed by atoms with Crippen LogP contribution in [-0.4, -0.2) is 47.4 Å². The molecule has 0 aliphatic carbocycles. The van der Waals surface area contributed by atoms with Gasteiger partial charge in [0.1, 0.15) is 17.8 Å². The molecule has 104 valence electrons. The lowest BCUT2D eigenvalue weighted by Crippen LogP contribution is -2.44. The van der Waals surface area contributed by atoms with Crippen LogP contribution in [-0.2, 0) is 14.3 Å². The lowest BCUT2D eigenvalue weighted by atomic mass is 10.2. The summed E-state index contributed by atoms with van der Waals surface area (Å²) in [5.74, 6) is -0.712. The second-order valence-corrected chi connectivity index (χ2v) is 5.27. The molecule has 0 aromatic rings. The Balaban J connectivity index is 2.72. The van der Waals surface area contributed by atoms with Crippen LogP contribution in [0.1, 0.15) is 27.2 Å². The number of likely N-dealkylation sites (tertiary alicyclic amines) is 1. The minimum absolute atomic E-state index is 0.0883. The van der Waals surface area contributed by atoms with Gasteiger partial charge in [0.15, 0.2) is 6.07 Å². The highest BCUT2D eigenvalue weighted by molar-refractivity contribution is 6.17. The van der Waals surface area contributed by atoms with E-state index in [0.29, 0.717) is 0 Å². The highest BCUT2D eigenvalue weighted by Crippen LogP contribution is 2.24. The zero-order valence-corrected chi connectivity index (χ0v) is 11.4. The first-order valence-corrected chi connectivity index (χ1v) is 6.14. The summed E-state index contributed by atoms with van der Waals surface area (Å²) >= 11 is 5.27. The van der Waals surface area contributed by atoms with Crippen LogP contribution in [0.5, 0.6) is 0 Å². The molecule has 0 radical (unpaired) electrons. The maximum atomic E-state index is 13.3. The minimum atomic E-state index is -1.26. The van der Waals surface area contributed by atoms with Gasteiger partial charge in [0.25, 0.3) is 0 Å². The van der Waals surface area contributed by atoms with Gasteiger partial charge in [0.05, 0.1) is 6.54 Å². The van der Waals surface area contributed by atoms with Gasteiger partial charge in [-0.3, -0.25) is 4.90 Å². The molecule has 1 amide bonds. The molecule has 1 rings (SSSR count). The average molecular weight is 282 g/mol. The van der Waals surface area contributed by atoms with E-state index in [1.54, 1.807) is 20.8 Å². The number of carbonyl (C=O) groups is 2. The first-order chi connectivity index (χ1) is 8.24. The molecule has 7 heteroatoms. The topological polar surface area (TPSA) is 55.8 Å². The molecular formula is C11H17ClFNO4. The molecule has 0 N–H and O–H groups in total. The zero-order valence-electron chi connectivity index (χ0n) is 10.6. The Labute approximate surface area is 110 Å². The third kappa shape index (κ3) is 4.01. The van der Waals surface area contributed by atoms with Crippen LogP contribution in [0.2, 0.25) is 0 Å². The number of carbonyl (C=O) groups excluding carboxylic acids is 2. The molecule has 2 atom stereocenters. The number of ether oxygens (including phenoxy) is 2. The van der Waals surface area contributed by atoms with Gasteiger partial charge in [-0.1, -0.05) is 11.6 Å². The summed E-state index contributed by atoms with van der Waals surface area (Å²) in [6.07, 6.45) is -2.07. The van der Waals surface area contributed by atoms with Crippen molar-refractivity contribution in [2.45, 2.75) is 45.0 Å². The monoisotopic (exact) mass is 281 g/mol. The van der Waals surface area contributed by atoms with E-state index < -0.39 is 29.9 Å².